The number of ether oxygens (including phenoxy) is 1. The molecule has 0 aliphatic heterocycles. The number of hydrogen-bond donors (Lipinski definition) is 0. The Morgan fingerprint density at radius 3 is 2.31 bits per heavy atom. The number of aryl methyl sites for hydroxylation is 1. The van der Waals surface area contributed by atoms with Gasteiger partial charge in [-0.3, -0.25) is 0 Å². The molecule has 1 heterocycles. The highest BCUT2D eigenvalue weighted by molar-refractivity contribution is 5.89. The fourth-order valence-electron chi connectivity index (χ4n) is 2.72. The molecule has 0 spiro atoms. The maximum Gasteiger partial charge on any atom is 0.360 e. The van der Waals surface area contributed by atoms with Crippen LogP contribution in [-0.4, -0.2) is 17.7 Å². The average Bonchev–Trinajstić information content (AvgIpc) is 3.03. The van der Waals surface area contributed by atoms with E-state index in [1.54, 1.807) is 26.0 Å². The third-order valence-electron chi connectivity index (χ3n) is 4.14. The van der Waals surface area contributed by atoms with Crippen LogP contribution in [0.2, 0.25) is 0 Å². The Kier molecular flexibility index (Phi) is 5.14. The van der Waals surface area contributed by atoms with Crippen molar-refractivity contribution in [1.29, 1.82) is 5.26 Å². The highest BCUT2D eigenvalue weighted by Crippen LogP contribution is 2.23. The van der Waals surface area contributed by atoms with Crippen molar-refractivity contribution >= 4 is 5.97 Å². The van der Waals surface area contributed by atoms with E-state index in [0.29, 0.717) is 24.4 Å². The van der Waals surface area contributed by atoms with Crippen LogP contribution in [-0.2, 0) is 11.2 Å². The molecule has 3 rings (SSSR count). The smallest absolute Gasteiger partial charge is 0.360 e. The van der Waals surface area contributed by atoms with Gasteiger partial charge in [-0.2, -0.15) is 5.26 Å². The molecule has 0 unspecified atom stereocenters. The summed E-state index contributed by atoms with van der Waals surface area (Å²) in [6, 6.07) is 17.6. The second kappa shape index (κ2) is 7.66. The van der Waals surface area contributed by atoms with Crippen LogP contribution in [0.3, 0.4) is 0 Å². The second-order valence-corrected chi connectivity index (χ2v) is 5.85. The first-order valence-electron chi connectivity index (χ1n) is 8.34. The predicted molar refractivity (Wildman–Crippen MR) is 96.6 cm³/mol. The van der Waals surface area contributed by atoms with Crippen LogP contribution in [0.5, 0.6) is 0 Å². The highest BCUT2D eigenvalue weighted by Gasteiger charge is 2.21. The summed E-state index contributed by atoms with van der Waals surface area (Å²) in [5.41, 5.74) is 4.77. The third-order valence-corrected chi connectivity index (χ3v) is 4.14. The standard InChI is InChI=1S/C21H18N2O3/c1-3-25-21(24)20-19(14(2)26-23-20)12-15-4-8-17(9-5-15)18-10-6-16(13-22)7-11-18/h4-11H,3,12H2,1-2H3. The molecule has 0 saturated carbocycles. The summed E-state index contributed by atoms with van der Waals surface area (Å²) >= 11 is 0. The lowest BCUT2D eigenvalue weighted by Crippen LogP contribution is -2.08. The van der Waals surface area contributed by atoms with Gasteiger partial charge in [-0.05, 0) is 42.7 Å². The molecule has 0 fully saturated rings. The van der Waals surface area contributed by atoms with Gasteiger partial charge in [0.1, 0.15) is 5.76 Å². The van der Waals surface area contributed by atoms with Crippen molar-refractivity contribution in [2.24, 2.45) is 0 Å². The molecule has 0 radical (unpaired) electrons. The Labute approximate surface area is 151 Å². The maximum atomic E-state index is 12.0. The van der Waals surface area contributed by atoms with Crippen LogP contribution in [0.1, 0.15) is 39.9 Å². The van der Waals surface area contributed by atoms with Crippen molar-refractivity contribution < 1.29 is 14.1 Å². The van der Waals surface area contributed by atoms with E-state index in [0.717, 1.165) is 22.3 Å². The van der Waals surface area contributed by atoms with Gasteiger partial charge in [-0.1, -0.05) is 41.6 Å². The molecule has 1 aromatic heterocycles. The number of hydrogen-bond acceptors (Lipinski definition) is 5. The van der Waals surface area contributed by atoms with Gasteiger partial charge in [0, 0.05) is 12.0 Å². The zero-order valence-corrected chi connectivity index (χ0v) is 14.7. The molecule has 26 heavy (non-hydrogen) atoms. The Morgan fingerprint density at radius 2 is 1.73 bits per heavy atom. The number of aromatic nitrogens is 1. The number of esters is 1. The number of rotatable bonds is 5. The Hall–Kier alpha value is -3.39. The van der Waals surface area contributed by atoms with Crippen LogP contribution in [0.15, 0.2) is 53.1 Å². The molecule has 0 aliphatic rings. The van der Waals surface area contributed by atoms with Crippen LogP contribution < -0.4 is 0 Å². The number of benzene rings is 2. The van der Waals surface area contributed by atoms with Gasteiger partial charge in [0.15, 0.2) is 5.69 Å². The van der Waals surface area contributed by atoms with Crippen LogP contribution in [0.4, 0.5) is 0 Å². The quantitative estimate of drug-likeness (QED) is 0.644. The van der Waals surface area contributed by atoms with Gasteiger partial charge >= 0.3 is 5.97 Å². The molecular weight excluding hydrogens is 328 g/mol. The highest BCUT2D eigenvalue weighted by atomic mass is 16.5. The summed E-state index contributed by atoms with van der Waals surface area (Å²) in [5, 5.41) is 12.7. The van der Waals surface area contributed by atoms with E-state index in [9.17, 15) is 4.79 Å². The molecule has 2 aromatic carbocycles. The minimum atomic E-state index is -0.464. The number of carbonyl (C=O) groups is 1. The van der Waals surface area contributed by atoms with Crippen molar-refractivity contribution in [1.82, 2.24) is 5.16 Å². The SMILES string of the molecule is CCOC(=O)c1noc(C)c1Cc1ccc(-c2ccc(C#N)cc2)cc1. The Morgan fingerprint density at radius 1 is 1.12 bits per heavy atom. The van der Waals surface area contributed by atoms with Gasteiger partial charge in [0.05, 0.1) is 18.2 Å². The Bertz CT molecular complexity index is 948. The molecule has 0 atom stereocenters. The van der Waals surface area contributed by atoms with Crippen LogP contribution >= 0.6 is 0 Å². The summed E-state index contributed by atoms with van der Waals surface area (Å²) in [4.78, 5) is 12.0. The molecule has 3 aromatic rings. The summed E-state index contributed by atoms with van der Waals surface area (Å²) in [6.07, 6.45) is 0.539. The average molecular weight is 346 g/mol. The normalized spacial score (nSPS) is 10.3. The van der Waals surface area contributed by atoms with Crippen molar-refractivity contribution in [2.75, 3.05) is 6.61 Å². The molecule has 5 heteroatoms. The van der Waals surface area contributed by atoms with Crippen LogP contribution in [0, 0.1) is 18.3 Å². The topological polar surface area (TPSA) is 76.1 Å². The summed E-state index contributed by atoms with van der Waals surface area (Å²) in [5.74, 6) is 0.151. The molecule has 5 nitrogen and oxygen atoms in total. The molecule has 0 amide bonds. The van der Waals surface area contributed by atoms with E-state index in [1.807, 2.05) is 36.4 Å². The van der Waals surface area contributed by atoms with E-state index in [-0.39, 0.29) is 5.69 Å². The van der Waals surface area contributed by atoms with Crippen LogP contribution in [0.25, 0.3) is 11.1 Å². The molecule has 0 bridgehead atoms. The van der Waals surface area contributed by atoms with Crippen molar-refractivity contribution in [3.63, 3.8) is 0 Å². The van der Waals surface area contributed by atoms with E-state index >= 15 is 0 Å². The molecule has 130 valence electrons. The monoisotopic (exact) mass is 346 g/mol. The second-order valence-electron chi connectivity index (χ2n) is 5.85. The fourth-order valence-corrected chi connectivity index (χ4v) is 2.72. The lowest BCUT2D eigenvalue weighted by Gasteiger charge is -2.06. The van der Waals surface area contributed by atoms with E-state index < -0.39 is 5.97 Å². The molecule has 0 saturated heterocycles. The number of nitrogens with zero attached hydrogens (tertiary/aromatic N) is 2. The number of carbonyl (C=O) groups excluding carboxylic acids is 1. The first kappa shape index (κ1) is 17.4. The zero-order valence-electron chi connectivity index (χ0n) is 14.7. The maximum absolute atomic E-state index is 12.0. The fraction of sp³-hybridized carbons (Fsp3) is 0.190. The van der Waals surface area contributed by atoms with Gasteiger partial charge in [0.25, 0.3) is 0 Å². The lowest BCUT2D eigenvalue weighted by molar-refractivity contribution is 0.0513. The third kappa shape index (κ3) is 3.65. The van der Waals surface area contributed by atoms with E-state index in [1.165, 1.54) is 0 Å². The van der Waals surface area contributed by atoms with Crippen molar-refractivity contribution in [3.05, 3.63) is 76.7 Å². The zero-order chi connectivity index (χ0) is 18.5. The van der Waals surface area contributed by atoms with Gasteiger partial charge in [0.2, 0.25) is 0 Å². The summed E-state index contributed by atoms with van der Waals surface area (Å²) < 4.78 is 10.2. The largest absolute Gasteiger partial charge is 0.461 e. The summed E-state index contributed by atoms with van der Waals surface area (Å²) in [7, 11) is 0. The molecular formula is C21H18N2O3. The minimum Gasteiger partial charge on any atom is -0.461 e. The van der Waals surface area contributed by atoms with Gasteiger partial charge in [-0.15, -0.1) is 0 Å². The number of nitriles is 1. The van der Waals surface area contributed by atoms with E-state index in [2.05, 4.69) is 11.2 Å². The first-order chi connectivity index (χ1) is 12.6. The van der Waals surface area contributed by atoms with Gasteiger partial charge < -0.3 is 9.26 Å². The predicted octanol–water partition coefficient (Wildman–Crippen LogP) is 4.29. The van der Waals surface area contributed by atoms with Gasteiger partial charge in [-0.25, -0.2) is 4.79 Å². The summed E-state index contributed by atoms with van der Waals surface area (Å²) in [6.45, 7) is 3.84. The molecule has 0 N–H and O–H groups in total. The van der Waals surface area contributed by atoms with Crippen molar-refractivity contribution in [3.8, 4) is 17.2 Å². The van der Waals surface area contributed by atoms with Crippen molar-refractivity contribution in [2.45, 2.75) is 20.3 Å². The molecule has 0 aliphatic carbocycles. The Balaban J connectivity index is 1.81. The van der Waals surface area contributed by atoms with E-state index in [4.69, 9.17) is 14.5 Å². The minimum absolute atomic E-state index is 0.237. The lowest BCUT2D eigenvalue weighted by atomic mass is 9.99. The first-order valence-corrected chi connectivity index (χ1v) is 8.34.